The maximum absolute atomic E-state index is 13.9. The second-order valence-electron chi connectivity index (χ2n) is 5.34. The van der Waals surface area contributed by atoms with Gasteiger partial charge in [-0.3, -0.25) is 0 Å². The van der Waals surface area contributed by atoms with E-state index in [9.17, 15) is 4.39 Å². The summed E-state index contributed by atoms with van der Waals surface area (Å²) in [6.07, 6.45) is 8.52. The minimum absolute atomic E-state index is 0.278. The van der Waals surface area contributed by atoms with Crippen molar-refractivity contribution in [1.29, 1.82) is 0 Å². The molecule has 1 aromatic rings. The predicted molar refractivity (Wildman–Crippen MR) is 83.5 cm³/mol. The van der Waals surface area contributed by atoms with Gasteiger partial charge in [-0.25, -0.2) is 4.39 Å². The highest BCUT2D eigenvalue weighted by Gasteiger charge is 2.19. The van der Waals surface area contributed by atoms with Gasteiger partial charge in [-0.05, 0) is 46.8 Å². The second-order valence-corrected chi connectivity index (χ2v) is 7.13. The molecule has 1 atom stereocenters. The van der Waals surface area contributed by atoms with Crippen LogP contribution in [0.4, 0.5) is 4.39 Å². The van der Waals surface area contributed by atoms with Crippen LogP contribution in [0.5, 0.6) is 0 Å². The van der Waals surface area contributed by atoms with Gasteiger partial charge >= 0.3 is 0 Å². The fourth-order valence-corrected chi connectivity index (χ4v) is 3.57. The van der Waals surface area contributed by atoms with Crippen LogP contribution in [0.3, 0.4) is 0 Å². The summed E-state index contributed by atoms with van der Waals surface area (Å²) in [6, 6.07) is 3.03. The third-order valence-electron chi connectivity index (χ3n) is 3.93. The molecular formula is C15H18BrCl2F. The smallest absolute Gasteiger partial charge is 0.129 e. The molecule has 0 amide bonds. The Balaban J connectivity index is 1.95. The minimum Gasteiger partial charge on any atom is -0.207 e. The van der Waals surface area contributed by atoms with Crippen molar-refractivity contribution >= 4 is 39.1 Å². The maximum Gasteiger partial charge on any atom is 0.129 e. The first-order valence-corrected chi connectivity index (χ1v) is 8.47. The zero-order valence-electron chi connectivity index (χ0n) is 10.8. The third kappa shape index (κ3) is 4.34. The standard InChI is InChI=1S/C15H18BrCl2F/c16-12-9-15(19)11(8-14(12)18)13(17)7-6-10-4-2-1-3-5-10/h8-10,13H,1-7H2. The molecule has 0 radical (unpaired) electrons. The lowest BCUT2D eigenvalue weighted by molar-refractivity contribution is 0.330. The van der Waals surface area contributed by atoms with Gasteiger partial charge in [-0.1, -0.05) is 43.7 Å². The molecule has 106 valence electrons. The molecule has 0 bridgehead atoms. The molecule has 1 unspecified atom stereocenters. The first-order chi connectivity index (χ1) is 9.08. The van der Waals surface area contributed by atoms with Crippen LogP contribution < -0.4 is 0 Å². The van der Waals surface area contributed by atoms with Crippen molar-refractivity contribution in [3.63, 3.8) is 0 Å². The van der Waals surface area contributed by atoms with Gasteiger partial charge in [0, 0.05) is 10.0 Å². The van der Waals surface area contributed by atoms with E-state index >= 15 is 0 Å². The SMILES string of the molecule is Fc1cc(Br)c(Cl)cc1C(Cl)CCC1CCCCC1. The van der Waals surface area contributed by atoms with Crippen LogP contribution in [0.1, 0.15) is 55.9 Å². The van der Waals surface area contributed by atoms with Crippen LogP contribution in [0.15, 0.2) is 16.6 Å². The topological polar surface area (TPSA) is 0 Å². The first kappa shape index (κ1) is 15.6. The molecule has 0 heterocycles. The van der Waals surface area contributed by atoms with Crippen molar-refractivity contribution in [2.45, 2.75) is 50.3 Å². The lowest BCUT2D eigenvalue weighted by Crippen LogP contribution is -2.07. The van der Waals surface area contributed by atoms with E-state index in [4.69, 9.17) is 23.2 Å². The Hall–Kier alpha value is 0.210. The molecule has 19 heavy (non-hydrogen) atoms. The van der Waals surface area contributed by atoms with Crippen molar-refractivity contribution in [3.8, 4) is 0 Å². The molecule has 0 aromatic heterocycles. The Morgan fingerprint density at radius 1 is 1.26 bits per heavy atom. The number of benzene rings is 1. The third-order valence-corrected chi connectivity index (χ3v) is 5.58. The molecule has 0 spiro atoms. The zero-order valence-corrected chi connectivity index (χ0v) is 13.9. The largest absolute Gasteiger partial charge is 0.207 e. The lowest BCUT2D eigenvalue weighted by atomic mass is 9.85. The number of halogens is 4. The number of rotatable bonds is 4. The summed E-state index contributed by atoms with van der Waals surface area (Å²) in [5.74, 6) is 0.490. The summed E-state index contributed by atoms with van der Waals surface area (Å²) in [5.41, 5.74) is 0.519. The normalized spacial score (nSPS) is 18.5. The summed E-state index contributed by atoms with van der Waals surface area (Å²) >= 11 is 15.6. The first-order valence-electron chi connectivity index (χ1n) is 6.86. The van der Waals surface area contributed by atoms with Gasteiger partial charge in [-0.2, -0.15) is 0 Å². The fraction of sp³-hybridized carbons (Fsp3) is 0.600. The molecule has 0 aliphatic heterocycles. The van der Waals surface area contributed by atoms with Gasteiger partial charge in [0.15, 0.2) is 0 Å². The molecule has 1 aliphatic rings. The van der Waals surface area contributed by atoms with Crippen LogP contribution in [-0.2, 0) is 0 Å². The molecular weight excluding hydrogens is 350 g/mol. The van der Waals surface area contributed by atoms with Crippen LogP contribution >= 0.6 is 39.1 Å². The van der Waals surface area contributed by atoms with Crippen molar-refractivity contribution in [2.75, 3.05) is 0 Å². The Bertz CT molecular complexity index is 430. The molecule has 4 heteroatoms. The van der Waals surface area contributed by atoms with Crippen molar-refractivity contribution < 1.29 is 4.39 Å². The molecule has 1 aromatic carbocycles. The van der Waals surface area contributed by atoms with E-state index in [-0.39, 0.29) is 11.2 Å². The van der Waals surface area contributed by atoms with E-state index in [1.54, 1.807) is 6.07 Å². The van der Waals surface area contributed by atoms with Gasteiger partial charge in [0.25, 0.3) is 0 Å². The van der Waals surface area contributed by atoms with Crippen LogP contribution in [0.2, 0.25) is 5.02 Å². The average molecular weight is 368 g/mol. The lowest BCUT2D eigenvalue weighted by Gasteiger charge is -2.22. The monoisotopic (exact) mass is 366 g/mol. The Morgan fingerprint density at radius 2 is 1.95 bits per heavy atom. The van der Waals surface area contributed by atoms with E-state index < -0.39 is 0 Å². The molecule has 0 nitrogen and oxygen atoms in total. The van der Waals surface area contributed by atoms with Gasteiger partial charge in [0.1, 0.15) is 5.82 Å². The molecule has 2 rings (SSSR count). The highest BCUT2D eigenvalue weighted by Crippen LogP contribution is 2.36. The Morgan fingerprint density at radius 3 is 2.63 bits per heavy atom. The quantitative estimate of drug-likeness (QED) is 0.401. The Labute approximate surface area is 132 Å². The molecule has 1 saturated carbocycles. The molecule has 1 aliphatic carbocycles. The van der Waals surface area contributed by atoms with Crippen molar-refractivity contribution in [1.82, 2.24) is 0 Å². The number of hydrogen-bond acceptors (Lipinski definition) is 0. The molecule has 1 fully saturated rings. The van der Waals surface area contributed by atoms with E-state index in [0.29, 0.717) is 15.1 Å². The average Bonchev–Trinajstić information content (AvgIpc) is 2.41. The highest BCUT2D eigenvalue weighted by atomic mass is 79.9. The van der Waals surface area contributed by atoms with Crippen molar-refractivity contribution in [2.24, 2.45) is 5.92 Å². The predicted octanol–water partition coefficient (Wildman–Crippen LogP) is 6.88. The maximum atomic E-state index is 13.9. The zero-order chi connectivity index (χ0) is 13.8. The van der Waals surface area contributed by atoms with Crippen molar-refractivity contribution in [3.05, 3.63) is 33.0 Å². The summed E-state index contributed by atoms with van der Waals surface area (Å²) in [6.45, 7) is 0. The van der Waals surface area contributed by atoms with Crippen LogP contribution in [-0.4, -0.2) is 0 Å². The van der Waals surface area contributed by atoms with Gasteiger partial charge < -0.3 is 0 Å². The minimum atomic E-state index is -0.285. The molecule has 0 saturated heterocycles. The van der Waals surface area contributed by atoms with Crippen LogP contribution in [0, 0.1) is 11.7 Å². The highest BCUT2D eigenvalue weighted by molar-refractivity contribution is 9.10. The van der Waals surface area contributed by atoms with E-state index in [1.807, 2.05) is 0 Å². The van der Waals surface area contributed by atoms with Gasteiger partial charge in [0.2, 0.25) is 0 Å². The second kappa shape index (κ2) is 7.28. The summed E-state index contributed by atoms with van der Waals surface area (Å²) < 4.78 is 14.4. The number of hydrogen-bond donors (Lipinski definition) is 0. The van der Waals surface area contributed by atoms with Gasteiger partial charge in [0.05, 0.1) is 10.4 Å². The molecule has 0 N–H and O–H groups in total. The fourth-order valence-electron chi connectivity index (χ4n) is 2.79. The summed E-state index contributed by atoms with van der Waals surface area (Å²) in [5, 5.41) is 0.229. The van der Waals surface area contributed by atoms with E-state index in [0.717, 1.165) is 18.8 Å². The summed E-state index contributed by atoms with van der Waals surface area (Å²) in [7, 11) is 0. The van der Waals surface area contributed by atoms with E-state index in [1.165, 1.54) is 38.2 Å². The Kier molecular flexibility index (Phi) is 5.98. The van der Waals surface area contributed by atoms with Gasteiger partial charge in [-0.15, -0.1) is 11.6 Å². The van der Waals surface area contributed by atoms with Crippen LogP contribution in [0.25, 0.3) is 0 Å². The summed E-state index contributed by atoms with van der Waals surface area (Å²) in [4.78, 5) is 0. The number of alkyl halides is 1. The van der Waals surface area contributed by atoms with E-state index in [2.05, 4.69) is 15.9 Å².